The van der Waals surface area contributed by atoms with E-state index in [1.807, 2.05) is 83.1 Å². The lowest BCUT2D eigenvalue weighted by Crippen LogP contribution is -2.29. The van der Waals surface area contributed by atoms with E-state index in [0.717, 1.165) is 25.0 Å². The summed E-state index contributed by atoms with van der Waals surface area (Å²) in [7, 11) is 2.66. The first-order valence-electron chi connectivity index (χ1n) is 28.8. The Hall–Kier alpha value is -9.14. The van der Waals surface area contributed by atoms with E-state index >= 15 is 0 Å². The maximum absolute atomic E-state index is 12.2. The van der Waals surface area contributed by atoms with Crippen molar-refractivity contribution in [3.63, 3.8) is 0 Å². The van der Waals surface area contributed by atoms with Crippen LogP contribution in [0.1, 0.15) is 103 Å². The van der Waals surface area contributed by atoms with E-state index in [2.05, 4.69) is 41.5 Å². The zero-order valence-corrected chi connectivity index (χ0v) is 62.2. The molecule has 0 saturated heterocycles. The van der Waals surface area contributed by atoms with Gasteiger partial charge in [0.1, 0.15) is 0 Å². The Bertz CT molecular complexity index is 3840. The number of halogens is 6. The molecule has 8 aliphatic carbocycles. The summed E-state index contributed by atoms with van der Waals surface area (Å²) in [5.74, 6) is -6.76. The summed E-state index contributed by atoms with van der Waals surface area (Å²) >= 11 is 27.3. The van der Waals surface area contributed by atoms with E-state index in [1.54, 1.807) is 19.1 Å². The molecule has 522 valence electrons. The minimum absolute atomic E-state index is 0.00187. The molecule has 99 heavy (non-hydrogen) atoms. The monoisotopic (exact) mass is 1560 g/mol. The van der Waals surface area contributed by atoms with E-state index in [-0.39, 0.29) is 101 Å². The second kappa shape index (κ2) is 37.7. The number of ether oxygens (including phenoxy) is 2. The van der Waals surface area contributed by atoms with E-state index in [0.29, 0.717) is 49.0 Å². The third-order valence-corrected chi connectivity index (χ3v) is 16.7. The third kappa shape index (κ3) is 25.3. The Labute approximate surface area is 607 Å². The van der Waals surface area contributed by atoms with Crippen LogP contribution >= 0.6 is 78.3 Å². The summed E-state index contributed by atoms with van der Waals surface area (Å²) in [5, 5.41) is 16.0. The van der Waals surface area contributed by atoms with Gasteiger partial charge in [-0.2, -0.15) is 0 Å². The number of aliphatic hydroxyl groups excluding tert-OH is 2. The van der Waals surface area contributed by atoms with Crippen LogP contribution in [-0.4, -0.2) is 117 Å². The molecule has 0 aliphatic heterocycles. The summed E-state index contributed by atoms with van der Waals surface area (Å²) < 4.78 is 10.2. The van der Waals surface area contributed by atoms with Crippen LogP contribution in [0.5, 0.6) is 0 Å². The number of nitrogens with zero attached hydrogens (tertiary/aromatic N) is 2. The summed E-state index contributed by atoms with van der Waals surface area (Å²) in [6.45, 7) is 38.6. The number of hydrogen-bond donors (Lipinski definition) is 2. The van der Waals surface area contributed by atoms with E-state index in [9.17, 15) is 76.7 Å². The van der Waals surface area contributed by atoms with Crippen molar-refractivity contribution in [1.29, 1.82) is 0 Å². The molecule has 22 nitrogen and oxygen atoms in total. The smallest absolute Gasteiger partial charge is 0.246 e. The maximum atomic E-state index is 12.2. The van der Waals surface area contributed by atoms with Crippen LogP contribution in [0.3, 0.4) is 0 Å². The lowest BCUT2D eigenvalue weighted by Gasteiger charge is -2.31. The number of rotatable bonds is 6. The van der Waals surface area contributed by atoms with Gasteiger partial charge >= 0.3 is 0 Å². The van der Waals surface area contributed by atoms with Gasteiger partial charge in [0.2, 0.25) is 46.0 Å². The van der Waals surface area contributed by atoms with Crippen molar-refractivity contribution < 1.29 is 96.4 Å². The van der Waals surface area contributed by atoms with E-state index < -0.39 is 67.7 Å². The Morgan fingerprint density at radius 1 is 0.394 bits per heavy atom. The van der Waals surface area contributed by atoms with Crippen LogP contribution in [0.4, 0.5) is 0 Å². The fraction of sp³-hybridized carbons (Fsp3) is 0.296. The lowest BCUT2D eigenvalue weighted by atomic mass is 9.71. The van der Waals surface area contributed by atoms with Gasteiger partial charge in [-0.1, -0.05) is 129 Å². The van der Waals surface area contributed by atoms with Crippen LogP contribution in [0.2, 0.25) is 0 Å². The Balaban J connectivity index is 0.000000572. The minimum Gasteiger partial charge on any atom is -0.504 e. The van der Waals surface area contributed by atoms with Gasteiger partial charge in [0.15, 0.2) is 80.9 Å². The van der Waals surface area contributed by atoms with Gasteiger partial charge in [-0.15, -0.1) is 0 Å². The fourth-order valence-electron chi connectivity index (χ4n) is 7.66. The predicted octanol–water partition coefficient (Wildman–Crippen LogP) is 12.8. The highest BCUT2D eigenvalue weighted by molar-refractivity contribution is 9.12. The molecule has 0 unspecified atom stereocenters. The minimum atomic E-state index is -0.878. The van der Waals surface area contributed by atoms with Gasteiger partial charge in [0.25, 0.3) is 0 Å². The number of methoxy groups -OCH3 is 2. The van der Waals surface area contributed by atoms with Gasteiger partial charge in [0, 0.05) is 64.3 Å². The summed E-state index contributed by atoms with van der Waals surface area (Å²) in [6.07, 6.45) is 19.9. The number of allylic oxidation sites excluding steroid dienone is 26. The average molecular weight is 1570 g/mol. The van der Waals surface area contributed by atoms with Crippen LogP contribution in [0, 0.1) is 34.8 Å². The highest BCUT2D eigenvalue weighted by atomic mass is 79.9. The molecule has 0 spiro atoms. The summed E-state index contributed by atoms with van der Waals surface area (Å²) in [4.78, 5) is 183. The molecule has 0 aromatic heterocycles. The maximum Gasteiger partial charge on any atom is 0.246 e. The van der Waals surface area contributed by atoms with Crippen molar-refractivity contribution in [3.05, 3.63) is 205 Å². The summed E-state index contributed by atoms with van der Waals surface area (Å²) in [6, 6.07) is 0. The largest absolute Gasteiger partial charge is 0.504 e. The standard InChI is InChI=1S/C16H24O2.C14H20O2.C9H10O4.C8Cl2N2O2.C6H2Br2O2.C6H2Cl2O2.C6H4O4.C6H4O2/c1-7-15(3,4)11-9-14(18)12(10-13(11)17)16(5,6)8-2;1-13(2,3)9-7-12(16)10(8-11(9)15)14(4,5)6;1-5-4-6(10)8(12-2)9(13-3)7(5)11;1-11-5-6(12-2)8(14)4(10)3(9)7(5)13;2*7-3-1-5(9)4(8)2-6(3)10;7-3-1-4(8)6(10)2-5(3)9;7-5-1-2-6(8)4-3-5/h9-10H,7-8H2,1-6H3;7-8H,1-6H3;4H,1-3H3;;2*1-2H;1-2,7,10H;1-4H. The molecule has 8 rings (SSSR count). The number of Topliss-reactive ketones (excluding diaryl/α,β-unsaturated/α-hetero) is 3. The van der Waals surface area contributed by atoms with Gasteiger partial charge in [-0.05, 0) is 128 Å². The van der Waals surface area contributed by atoms with Gasteiger partial charge in [-0.25, -0.2) is 9.69 Å². The molecule has 0 heterocycles. The number of hydrogen-bond acceptors (Lipinski definition) is 20. The van der Waals surface area contributed by atoms with Crippen molar-refractivity contribution >= 4 is 171 Å². The molecule has 0 aromatic carbocycles. The SMILES string of the molecule is CC(C)(C)C1=CC(=O)C(C(C)(C)C)=CC1=O.CCC(C)(C)C1=CC(=O)C(C(C)(C)CC)=CC1=O.COC1=C(OC)C(=O)C(C)=CC1=O.O=C1C=C(Br)C(=O)C=C1Br.O=C1C=C(Cl)C(=O)C=C1Cl.O=C1C=C(O)C(=O)C=C1O.O=C1C=CC(=O)C=C1.[C-]#[N+]C1=C([N+]#[C-])C(=O)C(Cl)=C(Cl)C1=O. The number of carbonyl (C=O) groups excluding carboxylic acids is 16. The third-order valence-electron chi connectivity index (χ3n) is 14.1. The highest BCUT2D eigenvalue weighted by Crippen LogP contribution is 2.39. The summed E-state index contributed by atoms with van der Waals surface area (Å²) in [5.41, 5.74) is 0.712. The molecule has 8 aliphatic rings. The zero-order chi connectivity index (χ0) is 76.9. The molecule has 0 atom stereocenters. The van der Waals surface area contributed by atoms with Crippen LogP contribution in [0.25, 0.3) is 9.69 Å². The van der Waals surface area contributed by atoms with Gasteiger partial charge < -0.3 is 29.3 Å². The van der Waals surface area contributed by atoms with Crippen LogP contribution in [0.15, 0.2) is 183 Å². The predicted molar refractivity (Wildman–Crippen MR) is 375 cm³/mol. The first kappa shape index (κ1) is 87.9. The first-order chi connectivity index (χ1) is 45.5. The van der Waals surface area contributed by atoms with E-state index in [4.69, 9.17) is 79.2 Å². The Morgan fingerprint density at radius 2 is 0.687 bits per heavy atom. The Kier molecular flexibility index (Phi) is 33.5. The van der Waals surface area contributed by atoms with Gasteiger partial charge in [-0.3, -0.25) is 67.1 Å². The Morgan fingerprint density at radius 3 is 0.960 bits per heavy atom. The molecule has 0 fully saturated rings. The lowest BCUT2D eigenvalue weighted by molar-refractivity contribution is -0.120. The van der Waals surface area contributed by atoms with Crippen LogP contribution < -0.4 is 0 Å². The number of aliphatic hydroxyl groups is 2. The van der Waals surface area contributed by atoms with Crippen molar-refractivity contribution in [3.8, 4) is 0 Å². The topological polar surface area (TPSA) is 341 Å². The van der Waals surface area contributed by atoms with Gasteiger partial charge in [0.05, 0.1) is 56.5 Å². The van der Waals surface area contributed by atoms with Crippen molar-refractivity contribution in [1.82, 2.24) is 0 Å². The first-order valence-corrected chi connectivity index (χ1v) is 31.9. The van der Waals surface area contributed by atoms with Crippen LogP contribution in [-0.2, 0) is 86.2 Å². The fourth-order valence-corrected chi connectivity index (χ4v) is 8.96. The van der Waals surface area contributed by atoms with Crippen molar-refractivity contribution in [2.45, 2.75) is 103 Å². The molecule has 0 saturated carbocycles. The molecule has 0 amide bonds. The normalized spacial score (nSPS) is 17.9. The zero-order valence-electron chi connectivity index (χ0n) is 56.0. The highest BCUT2D eigenvalue weighted by Gasteiger charge is 2.37. The second-order valence-corrected chi connectivity index (χ2v) is 27.4. The molecular formula is C71H66Br2Cl4N2O20. The molecule has 0 bridgehead atoms. The van der Waals surface area contributed by atoms with Crippen molar-refractivity contribution in [2.75, 3.05) is 14.2 Å². The number of ketones is 16. The molecule has 28 heteroatoms. The quantitative estimate of drug-likeness (QED) is 0.184. The second-order valence-electron chi connectivity index (χ2n) is 24.1. The molecule has 0 radical (unpaired) electrons. The van der Waals surface area contributed by atoms with E-state index in [1.165, 1.54) is 68.9 Å². The number of carbonyl (C=O) groups is 16. The molecular weight excluding hydrogens is 1500 g/mol. The molecule has 2 N–H and O–H groups in total. The average Bonchev–Trinajstić information content (AvgIpc) is 0.802. The molecule has 0 aromatic rings. The van der Waals surface area contributed by atoms with Crippen molar-refractivity contribution in [2.24, 2.45) is 21.7 Å².